The van der Waals surface area contributed by atoms with E-state index in [0.717, 1.165) is 12.0 Å². The fourth-order valence-electron chi connectivity index (χ4n) is 1.93. The lowest BCUT2D eigenvalue weighted by molar-refractivity contribution is 0.393. The highest BCUT2D eigenvalue weighted by molar-refractivity contribution is 5.59. The molecule has 1 aromatic heterocycles. The first-order chi connectivity index (χ1) is 9.71. The van der Waals surface area contributed by atoms with Crippen molar-refractivity contribution in [2.75, 3.05) is 21.3 Å². The third-order valence-corrected chi connectivity index (χ3v) is 3.09. The molecule has 0 fully saturated rings. The number of ether oxygens (including phenoxy) is 2. The molecule has 1 aromatic carbocycles. The van der Waals surface area contributed by atoms with Gasteiger partial charge in [-0.15, -0.1) is 10.2 Å². The number of hydrogen-bond acceptors (Lipinski definition) is 6. The van der Waals surface area contributed by atoms with Crippen molar-refractivity contribution in [3.05, 3.63) is 24.1 Å². The van der Waals surface area contributed by atoms with Gasteiger partial charge in [0, 0.05) is 11.6 Å². The van der Waals surface area contributed by atoms with Crippen molar-refractivity contribution in [3.63, 3.8) is 0 Å². The Hall–Kier alpha value is -2.08. The molecule has 1 atom stereocenters. The summed E-state index contributed by atoms with van der Waals surface area (Å²) in [5.74, 6) is 2.39. The van der Waals surface area contributed by atoms with Crippen molar-refractivity contribution in [1.29, 1.82) is 0 Å². The molecule has 6 heteroatoms. The number of rotatable bonds is 6. The Morgan fingerprint density at radius 3 is 2.30 bits per heavy atom. The van der Waals surface area contributed by atoms with Crippen molar-refractivity contribution in [2.45, 2.75) is 19.4 Å². The lowest BCUT2D eigenvalue weighted by Gasteiger charge is -2.08. The standard InChI is InChI=1S/C14H19N3O3/c1-5-12(15-2)14-17-16-13(20-14)9-6-10(18-3)8-11(7-9)19-4/h6-8,12,15H,5H2,1-4H3. The molecular formula is C14H19N3O3. The zero-order valence-electron chi connectivity index (χ0n) is 12.1. The average Bonchev–Trinajstić information content (AvgIpc) is 2.97. The number of hydrogen-bond donors (Lipinski definition) is 1. The van der Waals surface area contributed by atoms with Gasteiger partial charge in [-0.25, -0.2) is 0 Å². The summed E-state index contributed by atoms with van der Waals surface area (Å²) in [6.07, 6.45) is 0.875. The molecule has 0 aliphatic rings. The van der Waals surface area contributed by atoms with Crippen molar-refractivity contribution < 1.29 is 13.9 Å². The zero-order chi connectivity index (χ0) is 14.5. The van der Waals surface area contributed by atoms with Gasteiger partial charge in [0.05, 0.1) is 20.3 Å². The van der Waals surface area contributed by atoms with E-state index in [1.54, 1.807) is 20.3 Å². The second-order valence-electron chi connectivity index (χ2n) is 4.30. The van der Waals surface area contributed by atoms with Crippen LogP contribution in [0.2, 0.25) is 0 Å². The largest absolute Gasteiger partial charge is 0.497 e. The Morgan fingerprint density at radius 1 is 1.15 bits per heavy atom. The number of aromatic nitrogens is 2. The fraction of sp³-hybridized carbons (Fsp3) is 0.429. The van der Waals surface area contributed by atoms with E-state index in [4.69, 9.17) is 13.9 Å². The van der Waals surface area contributed by atoms with E-state index < -0.39 is 0 Å². The molecule has 2 rings (SSSR count). The molecule has 0 saturated carbocycles. The summed E-state index contributed by atoms with van der Waals surface area (Å²) < 4.78 is 16.2. The highest BCUT2D eigenvalue weighted by Gasteiger charge is 2.16. The Bertz CT molecular complexity index is 542. The van der Waals surface area contributed by atoms with Gasteiger partial charge < -0.3 is 19.2 Å². The van der Waals surface area contributed by atoms with E-state index in [1.165, 1.54) is 0 Å². The Kier molecular flexibility index (Phi) is 4.57. The lowest BCUT2D eigenvalue weighted by atomic mass is 10.2. The molecule has 1 N–H and O–H groups in total. The zero-order valence-corrected chi connectivity index (χ0v) is 12.1. The predicted molar refractivity (Wildman–Crippen MR) is 74.9 cm³/mol. The normalized spacial score (nSPS) is 12.2. The monoisotopic (exact) mass is 277 g/mol. The van der Waals surface area contributed by atoms with Crippen LogP contribution in [0, 0.1) is 0 Å². The maximum atomic E-state index is 5.72. The topological polar surface area (TPSA) is 69.4 Å². The van der Waals surface area contributed by atoms with Crippen molar-refractivity contribution in [2.24, 2.45) is 0 Å². The number of nitrogens with one attached hydrogen (secondary N) is 1. The van der Waals surface area contributed by atoms with Crippen LogP contribution in [0.4, 0.5) is 0 Å². The Labute approximate surface area is 118 Å². The molecule has 0 amide bonds. The average molecular weight is 277 g/mol. The van der Waals surface area contributed by atoms with E-state index in [2.05, 4.69) is 22.4 Å². The smallest absolute Gasteiger partial charge is 0.248 e. The van der Waals surface area contributed by atoms with E-state index in [1.807, 2.05) is 19.2 Å². The fourth-order valence-corrected chi connectivity index (χ4v) is 1.93. The molecule has 0 saturated heterocycles. The molecule has 1 unspecified atom stereocenters. The van der Waals surface area contributed by atoms with Crippen molar-refractivity contribution in [1.82, 2.24) is 15.5 Å². The van der Waals surface area contributed by atoms with E-state index in [-0.39, 0.29) is 6.04 Å². The molecule has 1 heterocycles. The van der Waals surface area contributed by atoms with Crippen LogP contribution < -0.4 is 14.8 Å². The van der Waals surface area contributed by atoms with Gasteiger partial charge in [0.15, 0.2) is 0 Å². The van der Waals surface area contributed by atoms with Crippen LogP contribution in [0.15, 0.2) is 22.6 Å². The number of benzene rings is 1. The molecule has 0 aliphatic heterocycles. The molecule has 20 heavy (non-hydrogen) atoms. The summed E-state index contributed by atoms with van der Waals surface area (Å²) >= 11 is 0. The van der Waals surface area contributed by atoms with Crippen LogP contribution in [0.1, 0.15) is 25.3 Å². The molecule has 108 valence electrons. The third-order valence-electron chi connectivity index (χ3n) is 3.09. The van der Waals surface area contributed by atoms with E-state index in [9.17, 15) is 0 Å². The minimum atomic E-state index is 0.0590. The van der Waals surface area contributed by atoms with Crippen LogP contribution >= 0.6 is 0 Å². The Balaban J connectivity index is 2.36. The highest BCUT2D eigenvalue weighted by Crippen LogP contribution is 2.29. The van der Waals surface area contributed by atoms with Gasteiger partial charge in [-0.1, -0.05) is 6.92 Å². The first kappa shape index (κ1) is 14.3. The first-order valence-electron chi connectivity index (χ1n) is 6.45. The van der Waals surface area contributed by atoms with Gasteiger partial charge in [-0.2, -0.15) is 0 Å². The van der Waals surface area contributed by atoms with Gasteiger partial charge in [0.2, 0.25) is 11.8 Å². The van der Waals surface area contributed by atoms with Crippen molar-refractivity contribution in [3.8, 4) is 23.0 Å². The Morgan fingerprint density at radius 2 is 1.80 bits per heavy atom. The minimum absolute atomic E-state index is 0.0590. The van der Waals surface area contributed by atoms with Gasteiger partial charge in [0.1, 0.15) is 11.5 Å². The van der Waals surface area contributed by atoms with Crippen LogP contribution in [-0.2, 0) is 0 Å². The van der Waals surface area contributed by atoms with E-state index >= 15 is 0 Å². The summed E-state index contributed by atoms with van der Waals surface area (Å²) in [7, 11) is 5.07. The summed E-state index contributed by atoms with van der Waals surface area (Å²) in [4.78, 5) is 0. The highest BCUT2D eigenvalue weighted by atomic mass is 16.5. The maximum absolute atomic E-state index is 5.72. The molecule has 0 radical (unpaired) electrons. The van der Waals surface area contributed by atoms with Crippen LogP contribution in [0.3, 0.4) is 0 Å². The number of methoxy groups -OCH3 is 2. The second kappa shape index (κ2) is 6.38. The quantitative estimate of drug-likeness (QED) is 0.874. The summed E-state index contributed by atoms with van der Waals surface area (Å²) in [5, 5.41) is 11.3. The van der Waals surface area contributed by atoms with Crippen molar-refractivity contribution >= 4 is 0 Å². The molecule has 0 spiro atoms. The minimum Gasteiger partial charge on any atom is -0.497 e. The molecule has 0 aliphatic carbocycles. The third kappa shape index (κ3) is 2.91. The molecular weight excluding hydrogens is 258 g/mol. The van der Waals surface area contributed by atoms with E-state index in [0.29, 0.717) is 23.3 Å². The SMILES string of the molecule is CCC(NC)c1nnc(-c2cc(OC)cc(OC)c2)o1. The molecule has 6 nitrogen and oxygen atoms in total. The van der Waals surface area contributed by atoms with Crippen LogP contribution in [0.5, 0.6) is 11.5 Å². The lowest BCUT2D eigenvalue weighted by Crippen LogP contribution is -2.15. The predicted octanol–water partition coefficient (Wildman–Crippen LogP) is 2.42. The van der Waals surface area contributed by atoms with Crippen LogP contribution in [0.25, 0.3) is 11.5 Å². The second-order valence-corrected chi connectivity index (χ2v) is 4.30. The first-order valence-corrected chi connectivity index (χ1v) is 6.45. The molecule has 0 bridgehead atoms. The van der Waals surface area contributed by atoms with Gasteiger partial charge in [-0.3, -0.25) is 0 Å². The maximum Gasteiger partial charge on any atom is 0.248 e. The summed E-state index contributed by atoms with van der Waals surface area (Å²) in [5.41, 5.74) is 0.769. The van der Waals surface area contributed by atoms with Gasteiger partial charge in [0.25, 0.3) is 0 Å². The van der Waals surface area contributed by atoms with Crippen LogP contribution in [-0.4, -0.2) is 31.5 Å². The van der Waals surface area contributed by atoms with Gasteiger partial charge in [-0.05, 0) is 25.6 Å². The summed E-state index contributed by atoms with van der Waals surface area (Å²) in [6.45, 7) is 2.06. The molecule has 2 aromatic rings. The number of nitrogens with zero attached hydrogens (tertiary/aromatic N) is 2. The summed E-state index contributed by atoms with van der Waals surface area (Å²) in [6, 6.07) is 5.52. The van der Waals surface area contributed by atoms with Gasteiger partial charge >= 0.3 is 0 Å².